The van der Waals surface area contributed by atoms with Gasteiger partial charge in [0.25, 0.3) is 0 Å². The zero-order valence-corrected chi connectivity index (χ0v) is 17.1. The number of carbonyl (C=O) groups is 2. The summed E-state index contributed by atoms with van der Waals surface area (Å²) < 4.78 is 0. The van der Waals surface area contributed by atoms with Crippen molar-refractivity contribution in [3.8, 4) is 11.1 Å². The Morgan fingerprint density at radius 2 is 1.43 bits per heavy atom. The number of Topliss-reactive ketones (excluding diaryl/α,β-unsaturated/α-hetero) is 2. The van der Waals surface area contributed by atoms with E-state index in [0.717, 1.165) is 27.8 Å². The number of carbonyl (C=O) groups excluding carboxylic acids is 2. The number of benzene rings is 2. The molecule has 0 amide bonds. The molecule has 0 radical (unpaired) electrons. The van der Waals surface area contributed by atoms with Crippen LogP contribution in [0.15, 0.2) is 60.7 Å². The van der Waals surface area contributed by atoms with Gasteiger partial charge in [0.05, 0.1) is 0 Å². The van der Waals surface area contributed by atoms with E-state index in [-0.39, 0.29) is 11.6 Å². The van der Waals surface area contributed by atoms with Crippen molar-refractivity contribution in [1.29, 1.82) is 0 Å². The van der Waals surface area contributed by atoms with E-state index in [9.17, 15) is 9.59 Å². The van der Waals surface area contributed by atoms with Gasteiger partial charge in [0.1, 0.15) is 0 Å². The van der Waals surface area contributed by atoms with Crippen LogP contribution in [-0.2, 0) is 0 Å². The second-order valence-electron chi connectivity index (χ2n) is 6.89. The average Bonchev–Trinajstić information content (AvgIpc) is 2.70. The molecule has 0 fully saturated rings. The predicted molar refractivity (Wildman–Crippen MR) is 119 cm³/mol. The third-order valence-corrected chi connectivity index (χ3v) is 5.33. The minimum absolute atomic E-state index is 0.0335. The fourth-order valence-electron chi connectivity index (χ4n) is 3.13. The third kappa shape index (κ3) is 3.59. The molecule has 0 aliphatic rings. The van der Waals surface area contributed by atoms with Crippen molar-refractivity contribution >= 4 is 24.7 Å². The SMILES string of the molecule is C=CC(=C)C(=O)c1ccc(-c2ccc(C(=O)C(C)=CC)c(C)c2C)c(=C)c1=C. The summed E-state index contributed by atoms with van der Waals surface area (Å²) >= 11 is 0. The maximum Gasteiger partial charge on any atom is 0.193 e. The maximum absolute atomic E-state index is 12.6. The van der Waals surface area contributed by atoms with Crippen LogP contribution in [0.3, 0.4) is 0 Å². The number of allylic oxidation sites excluding steroid dienone is 4. The summed E-state index contributed by atoms with van der Waals surface area (Å²) in [5, 5.41) is 1.27. The highest BCUT2D eigenvalue weighted by molar-refractivity contribution is 6.11. The van der Waals surface area contributed by atoms with Crippen molar-refractivity contribution < 1.29 is 9.59 Å². The number of ketones is 2. The lowest BCUT2D eigenvalue weighted by Gasteiger charge is -2.15. The van der Waals surface area contributed by atoms with E-state index in [0.29, 0.717) is 27.1 Å². The molecule has 0 aromatic heterocycles. The predicted octanol–water partition coefficient (Wildman–Crippen LogP) is 4.86. The molecule has 0 unspecified atom stereocenters. The Bertz CT molecular complexity index is 1140. The monoisotopic (exact) mass is 370 g/mol. The van der Waals surface area contributed by atoms with Gasteiger partial charge in [0.15, 0.2) is 11.6 Å². The lowest BCUT2D eigenvalue weighted by atomic mass is 9.89. The molecule has 0 bridgehead atoms. The van der Waals surface area contributed by atoms with Gasteiger partial charge in [-0.05, 0) is 72.0 Å². The van der Waals surface area contributed by atoms with E-state index >= 15 is 0 Å². The van der Waals surface area contributed by atoms with Gasteiger partial charge < -0.3 is 0 Å². The van der Waals surface area contributed by atoms with Gasteiger partial charge in [-0.25, -0.2) is 0 Å². The molecule has 2 aromatic carbocycles. The molecule has 2 rings (SSSR count). The molecule has 0 saturated carbocycles. The smallest absolute Gasteiger partial charge is 0.193 e. The van der Waals surface area contributed by atoms with E-state index < -0.39 is 0 Å². The number of rotatable bonds is 6. The fraction of sp³-hybridized carbons (Fsp3) is 0.154. The molecule has 28 heavy (non-hydrogen) atoms. The van der Waals surface area contributed by atoms with Crippen molar-refractivity contribution in [2.45, 2.75) is 27.7 Å². The highest BCUT2D eigenvalue weighted by Crippen LogP contribution is 2.27. The summed E-state index contributed by atoms with van der Waals surface area (Å²) in [5.74, 6) is -0.168. The van der Waals surface area contributed by atoms with Crippen LogP contribution in [0, 0.1) is 13.8 Å². The summed E-state index contributed by atoms with van der Waals surface area (Å²) in [4.78, 5) is 25.0. The van der Waals surface area contributed by atoms with Gasteiger partial charge in [-0.15, -0.1) is 0 Å². The van der Waals surface area contributed by atoms with E-state index in [4.69, 9.17) is 0 Å². The van der Waals surface area contributed by atoms with Crippen LogP contribution in [0.5, 0.6) is 0 Å². The maximum atomic E-state index is 12.6. The van der Waals surface area contributed by atoms with Crippen molar-refractivity contribution in [2.24, 2.45) is 0 Å². The van der Waals surface area contributed by atoms with E-state index in [1.807, 2.05) is 52.0 Å². The Morgan fingerprint density at radius 3 is 2.00 bits per heavy atom. The summed E-state index contributed by atoms with van der Waals surface area (Å²) in [6.07, 6.45) is 3.26. The van der Waals surface area contributed by atoms with Crippen LogP contribution in [0.1, 0.15) is 45.7 Å². The molecule has 2 nitrogen and oxygen atoms in total. The Labute approximate surface area is 166 Å². The normalized spacial score (nSPS) is 11.2. The zero-order chi connectivity index (χ0) is 21.2. The van der Waals surface area contributed by atoms with Gasteiger partial charge in [0, 0.05) is 16.7 Å². The summed E-state index contributed by atoms with van der Waals surface area (Å²) in [5.41, 5.74) is 6.04. The Balaban J connectivity index is 2.64. The summed E-state index contributed by atoms with van der Waals surface area (Å²) in [6, 6.07) is 7.42. The van der Waals surface area contributed by atoms with Crippen LogP contribution >= 0.6 is 0 Å². The van der Waals surface area contributed by atoms with Crippen molar-refractivity contribution in [1.82, 2.24) is 0 Å². The highest BCUT2D eigenvalue weighted by Gasteiger charge is 2.16. The van der Waals surface area contributed by atoms with E-state index in [1.54, 1.807) is 6.07 Å². The molecule has 0 spiro atoms. The minimum Gasteiger partial charge on any atom is -0.289 e. The second-order valence-corrected chi connectivity index (χ2v) is 6.89. The topological polar surface area (TPSA) is 34.1 Å². The largest absolute Gasteiger partial charge is 0.289 e. The van der Waals surface area contributed by atoms with Crippen LogP contribution in [0.25, 0.3) is 24.3 Å². The highest BCUT2D eigenvalue weighted by atomic mass is 16.1. The van der Waals surface area contributed by atoms with Gasteiger partial charge in [-0.2, -0.15) is 0 Å². The summed E-state index contributed by atoms with van der Waals surface area (Å²) in [6.45, 7) is 23.2. The third-order valence-electron chi connectivity index (χ3n) is 5.33. The Hall–Kier alpha value is -3.26. The van der Waals surface area contributed by atoms with Crippen LogP contribution in [-0.4, -0.2) is 11.6 Å². The quantitative estimate of drug-likeness (QED) is 0.413. The lowest BCUT2D eigenvalue weighted by Crippen LogP contribution is -2.30. The molecule has 0 heterocycles. The Kier molecular flexibility index (Phi) is 6.15. The molecule has 142 valence electrons. The molecule has 0 atom stereocenters. The van der Waals surface area contributed by atoms with Crippen LogP contribution in [0.4, 0.5) is 0 Å². The van der Waals surface area contributed by atoms with E-state index in [2.05, 4.69) is 26.3 Å². The molecule has 0 N–H and O–H groups in total. The van der Waals surface area contributed by atoms with Crippen LogP contribution < -0.4 is 10.4 Å². The molecular weight excluding hydrogens is 344 g/mol. The van der Waals surface area contributed by atoms with Crippen molar-refractivity contribution in [3.63, 3.8) is 0 Å². The number of hydrogen-bond acceptors (Lipinski definition) is 2. The molecular formula is C26H26O2. The molecule has 0 saturated heterocycles. The Morgan fingerprint density at radius 1 is 0.857 bits per heavy atom. The molecule has 2 heteroatoms. The minimum atomic E-state index is -0.202. The van der Waals surface area contributed by atoms with E-state index in [1.165, 1.54) is 6.08 Å². The second kappa shape index (κ2) is 8.18. The summed E-state index contributed by atoms with van der Waals surface area (Å²) in [7, 11) is 0. The molecule has 2 aromatic rings. The zero-order valence-electron chi connectivity index (χ0n) is 17.1. The van der Waals surface area contributed by atoms with Gasteiger partial charge in [0.2, 0.25) is 0 Å². The van der Waals surface area contributed by atoms with Gasteiger partial charge in [-0.1, -0.05) is 56.7 Å². The lowest BCUT2D eigenvalue weighted by molar-refractivity contribution is 0.102. The van der Waals surface area contributed by atoms with Gasteiger partial charge in [-0.3, -0.25) is 9.59 Å². The standard InChI is InChI=1S/C26H26O2/c1-9-15(3)25(27)23-13-11-21(17(5)19(23)7)22-12-14-24(20(8)18(22)6)26(28)16(4)10-2/h9-14H,1,3,5,7H2,2,4,6,8H3. The van der Waals surface area contributed by atoms with Gasteiger partial charge >= 0.3 is 0 Å². The van der Waals surface area contributed by atoms with Crippen molar-refractivity contribution in [2.75, 3.05) is 0 Å². The van der Waals surface area contributed by atoms with Crippen LogP contribution in [0.2, 0.25) is 0 Å². The first-order valence-corrected chi connectivity index (χ1v) is 9.10. The number of hydrogen-bond donors (Lipinski definition) is 0. The molecule has 0 aliphatic heterocycles. The first kappa shape index (κ1) is 21.0. The molecule has 0 aliphatic carbocycles. The fourth-order valence-corrected chi connectivity index (χ4v) is 3.13. The first-order valence-electron chi connectivity index (χ1n) is 9.10. The van der Waals surface area contributed by atoms with Crippen molar-refractivity contribution in [3.05, 3.63) is 93.4 Å². The average molecular weight is 370 g/mol. The first-order chi connectivity index (χ1) is 13.1.